The minimum Gasteiger partial charge on any atom is -0.334 e. The Hall–Kier alpha value is -3.56. The van der Waals surface area contributed by atoms with Crippen LogP contribution in [0.15, 0.2) is 66.3 Å². The van der Waals surface area contributed by atoms with E-state index in [1.807, 2.05) is 50.2 Å². The second-order valence-electron chi connectivity index (χ2n) is 9.44. The number of aromatic nitrogens is 2. The van der Waals surface area contributed by atoms with Gasteiger partial charge in [0, 0.05) is 79.2 Å². The van der Waals surface area contributed by atoms with Crippen molar-refractivity contribution in [1.29, 1.82) is 0 Å². The number of carbonyl (C=O) groups excluding carboxylic acids is 2. The molecule has 0 spiro atoms. The fourth-order valence-electron chi connectivity index (χ4n) is 5.45. The van der Waals surface area contributed by atoms with Gasteiger partial charge in [-0.05, 0) is 55.5 Å². The molecule has 2 fully saturated rings. The highest BCUT2D eigenvalue weighted by molar-refractivity contribution is 7.11. The lowest BCUT2D eigenvalue weighted by atomic mass is 10.1. The Bertz CT molecular complexity index is 1420. The number of carbonyl (C=O) groups is 2. The molecule has 0 saturated carbocycles. The Labute approximate surface area is 212 Å². The molecule has 2 aliphatic rings. The summed E-state index contributed by atoms with van der Waals surface area (Å²) in [6, 6.07) is 14.7. The third-order valence-electron chi connectivity index (χ3n) is 7.25. The summed E-state index contributed by atoms with van der Waals surface area (Å²) in [5.41, 5.74) is 2.78. The van der Waals surface area contributed by atoms with Gasteiger partial charge in [-0.1, -0.05) is 0 Å². The molecule has 7 nitrogen and oxygen atoms in total. The van der Waals surface area contributed by atoms with E-state index in [9.17, 15) is 14.0 Å². The molecule has 0 N–H and O–H groups in total. The van der Waals surface area contributed by atoms with E-state index in [-0.39, 0.29) is 29.7 Å². The van der Waals surface area contributed by atoms with Crippen LogP contribution in [-0.2, 0) is 4.79 Å². The van der Waals surface area contributed by atoms with Crippen LogP contribution in [0.1, 0.15) is 23.1 Å². The minimum absolute atomic E-state index is 0.0125. The van der Waals surface area contributed by atoms with Crippen molar-refractivity contribution in [2.75, 3.05) is 31.1 Å². The van der Waals surface area contributed by atoms with Crippen molar-refractivity contribution >= 4 is 39.7 Å². The molecule has 0 radical (unpaired) electrons. The number of halogens is 1. The maximum Gasteiger partial charge on any atom is 0.282 e. The molecule has 2 saturated heterocycles. The monoisotopic (exact) mass is 503 g/mol. The molecule has 0 bridgehead atoms. The lowest BCUT2D eigenvalue weighted by Gasteiger charge is -2.42. The highest BCUT2D eigenvalue weighted by atomic mass is 32.1. The van der Waals surface area contributed by atoms with Crippen molar-refractivity contribution in [3.8, 4) is 5.69 Å². The zero-order valence-corrected chi connectivity index (χ0v) is 20.7. The van der Waals surface area contributed by atoms with E-state index in [1.165, 1.54) is 23.5 Å². The largest absolute Gasteiger partial charge is 0.334 e. The van der Waals surface area contributed by atoms with Crippen LogP contribution in [0.3, 0.4) is 0 Å². The Morgan fingerprint density at radius 1 is 1.06 bits per heavy atom. The molecule has 2 aromatic carbocycles. The molecule has 2 atom stereocenters. The maximum absolute atomic E-state index is 13.3. The van der Waals surface area contributed by atoms with Gasteiger partial charge in [-0.3, -0.25) is 14.5 Å². The van der Waals surface area contributed by atoms with Gasteiger partial charge < -0.3 is 14.4 Å². The molecule has 2 aromatic heterocycles. The molecule has 4 aromatic rings. The van der Waals surface area contributed by atoms with Crippen molar-refractivity contribution in [3.63, 3.8) is 0 Å². The van der Waals surface area contributed by atoms with Gasteiger partial charge in [-0.15, -0.1) is 11.3 Å². The van der Waals surface area contributed by atoms with Crippen molar-refractivity contribution < 1.29 is 14.0 Å². The van der Waals surface area contributed by atoms with Crippen LogP contribution in [0, 0.1) is 5.82 Å². The Morgan fingerprint density at radius 3 is 2.61 bits per heavy atom. The number of benzene rings is 2. The van der Waals surface area contributed by atoms with E-state index in [4.69, 9.17) is 0 Å². The zero-order valence-electron chi connectivity index (χ0n) is 19.9. The van der Waals surface area contributed by atoms with E-state index in [2.05, 4.69) is 16.8 Å². The highest BCUT2D eigenvalue weighted by Gasteiger charge is 2.39. The molecule has 36 heavy (non-hydrogen) atoms. The molecule has 2 amide bonds. The van der Waals surface area contributed by atoms with Crippen LogP contribution >= 0.6 is 11.3 Å². The lowest BCUT2D eigenvalue weighted by Crippen LogP contribution is -2.57. The summed E-state index contributed by atoms with van der Waals surface area (Å²) >= 11 is 1.37. The summed E-state index contributed by atoms with van der Waals surface area (Å²) in [6.45, 7) is 4.76. The Morgan fingerprint density at radius 2 is 1.86 bits per heavy atom. The molecule has 0 aliphatic carbocycles. The number of fused-ring (bicyclic) bond motifs is 1. The smallest absolute Gasteiger partial charge is 0.282 e. The predicted octanol–water partition coefficient (Wildman–Crippen LogP) is 4.18. The number of hydrogen-bond acceptors (Lipinski definition) is 5. The van der Waals surface area contributed by atoms with Crippen LogP contribution in [0.5, 0.6) is 0 Å². The van der Waals surface area contributed by atoms with Crippen LogP contribution in [0.2, 0.25) is 0 Å². The normalized spacial score (nSPS) is 21.0. The Kier molecular flexibility index (Phi) is 5.81. The molecule has 1 unspecified atom stereocenters. The average molecular weight is 504 g/mol. The van der Waals surface area contributed by atoms with E-state index in [0.29, 0.717) is 31.1 Å². The van der Waals surface area contributed by atoms with Crippen molar-refractivity contribution in [3.05, 3.63) is 77.1 Å². The quantitative estimate of drug-likeness (QED) is 0.419. The van der Waals surface area contributed by atoms with Gasteiger partial charge in [-0.25, -0.2) is 9.37 Å². The third kappa shape index (κ3) is 4.08. The number of rotatable bonds is 4. The number of anilines is 1. The van der Waals surface area contributed by atoms with Gasteiger partial charge in [-0.2, -0.15) is 0 Å². The van der Waals surface area contributed by atoms with Crippen LogP contribution in [-0.4, -0.2) is 69.4 Å². The van der Waals surface area contributed by atoms with Gasteiger partial charge in [0.25, 0.3) is 5.91 Å². The number of amides is 2. The molecule has 6 rings (SSSR count). The van der Waals surface area contributed by atoms with Gasteiger partial charge in [0.2, 0.25) is 5.91 Å². The van der Waals surface area contributed by atoms with E-state index >= 15 is 0 Å². The van der Waals surface area contributed by atoms with Crippen molar-refractivity contribution in [2.45, 2.75) is 25.4 Å². The van der Waals surface area contributed by atoms with Crippen molar-refractivity contribution in [1.82, 2.24) is 19.4 Å². The van der Waals surface area contributed by atoms with Gasteiger partial charge >= 0.3 is 0 Å². The third-order valence-corrected chi connectivity index (χ3v) is 8.01. The number of nitrogens with zero attached hydrogens (tertiary/aromatic N) is 5. The van der Waals surface area contributed by atoms with Gasteiger partial charge in [0.05, 0.1) is 5.52 Å². The first kappa shape index (κ1) is 22.9. The number of thiazole rings is 1. The first-order valence-corrected chi connectivity index (χ1v) is 13.0. The second kappa shape index (κ2) is 9.15. The molecule has 184 valence electrons. The predicted molar refractivity (Wildman–Crippen MR) is 138 cm³/mol. The summed E-state index contributed by atoms with van der Waals surface area (Å²) < 4.78 is 15.4. The van der Waals surface area contributed by atoms with Crippen molar-refractivity contribution in [2.24, 2.45) is 0 Å². The average Bonchev–Trinajstić information content (AvgIpc) is 3.64. The lowest BCUT2D eigenvalue weighted by molar-refractivity contribution is -0.117. The minimum atomic E-state index is -0.263. The van der Waals surface area contributed by atoms with Gasteiger partial charge in [0.15, 0.2) is 5.01 Å². The van der Waals surface area contributed by atoms with Crippen LogP contribution < -0.4 is 4.90 Å². The fraction of sp³-hybridized carbons (Fsp3) is 0.296. The summed E-state index contributed by atoms with van der Waals surface area (Å²) in [5.74, 6) is -0.159. The summed E-state index contributed by atoms with van der Waals surface area (Å²) in [4.78, 5) is 36.0. The molecule has 2 aliphatic heterocycles. The number of hydrogen-bond donors (Lipinski definition) is 0. The molecule has 9 heteroatoms. The second-order valence-corrected chi connectivity index (χ2v) is 10.3. The fourth-order valence-corrected chi connectivity index (χ4v) is 6.05. The Balaban J connectivity index is 1.16. The highest BCUT2D eigenvalue weighted by Crippen LogP contribution is 2.30. The van der Waals surface area contributed by atoms with Crippen LogP contribution in [0.4, 0.5) is 10.1 Å². The van der Waals surface area contributed by atoms with Crippen LogP contribution in [0.25, 0.3) is 16.6 Å². The van der Waals surface area contributed by atoms with Gasteiger partial charge in [0.1, 0.15) is 5.82 Å². The molecular formula is C27H26FN5O2S. The zero-order chi connectivity index (χ0) is 24.8. The summed E-state index contributed by atoms with van der Waals surface area (Å²) in [7, 11) is 0. The van der Waals surface area contributed by atoms with E-state index in [0.717, 1.165) is 28.8 Å². The first-order valence-electron chi connectivity index (χ1n) is 12.1. The molecular weight excluding hydrogens is 477 g/mol. The summed E-state index contributed by atoms with van der Waals surface area (Å²) in [5, 5.41) is 3.37. The summed E-state index contributed by atoms with van der Waals surface area (Å²) in [6.07, 6.45) is 4.09. The standard InChI is InChI=1S/C27H26FN5O2S/c1-18-16-30(27(35)26-29-9-13-36-26)11-12-31(18)23-15-25(34)33(17-23)22-6-7-24-19(14-22)8-10-32(24)21-4-2-20(28)3-5-21/h2-10,13-14,18,23H,11-12,15-17H2,1H3/t18-,23?/m1/s1. The van der Waals surface area contributed by atoms with E-state index < -0.39 is 0 Å². The number of piperazine rings is 1. The van der Waals surface area contributed by atoms with E-state index in [1.54, 1.807) is 18.3 Å². The topological polar surface area (TPSA) is 61.7 Å². The first-order chi connectivity index (χ1) is 17.5. The molecule has 4 heterocycles. The maximum atomic E-state index is 13.3. The SMILES string of the molecule is C[C@@H]1CN(C(=O)c2nccs2)CCN1C1CC(=O)N(c2ccc3c(ccn3-c3ccc(F)cc3)c2)C1.